The monoisotopic (exact) mass is 289 g/mol. The Labute approximate surface area is 97.8 Å². The maximum Gasteiger partial charge on any atom is 0.269 e. The summed E-state index contributed by atoms with van der Waals surface area (Å²) in [5, 5.41) is 3.69. The summed E-state index contributed by atoms with van der Waals surface area (Å²) >= 11 is 8.72. The van der Waals surface area contributed by atoms with E-state index >= 15 is 0 Å². The topological polar surface area (TPSA) is 60.9 Å². The van der Waals surface area contributed by atoms with E-state index < -0.39 is 0 Å². The van der Waals surface area contributed by atoms with Crippen molar-refractivity contribution >= 4 is 27.5 Å². The van der Waals surface area contributed by atoms with Crippen LogP contribution in [0.3, 0.4) is 0 Å². The summed E-state index contributed by atoms with van der Waals surface area (Å²) in [7, 11) is 0. The average molecular weight is 291 g/mol. The van der Waals surface area contributed by atoms with Gasteiger partial charge in [-0.05, 0) is 15.9 Å². The van der Waals surface area contributed by atoms with Crippen molar-refractivity contribution < 1.29 is 4.52 Å². The molecular weight excluding hydrogens is 285 g/mol. The predicted octanol–water partition coefficient (Wildman–Crippen LogP) is 1.70. The lowest BCUT2D eigenvalue weighted by atomic mass is 10.4. The molecule has 0 amide bonds. The molecule has 78 valence electrons. The molecule has 0 bridgehead atoms. The molecule has 2 rings (SSSR count). The average Bonchev–Trinajstić information content (AvgIpc) is 2.72. The summed E-state index contributed by atoms with van der Waals surface area (Å²) in [5.41, 5.74) is -0.258. The Hall–Kier alpha value is -1.14. The van der Waals surface area contributed by atoms with Crippen LogP contribution < -0.4 is 5.56 Å². The first-order valence-electron chi connectivity index (χ1n) is 3.98. The summed E-state index contributed by atoms with van der Waals surface area (Å²) in [6.07, 6.45) is 2.87. The highest BCUT2D eigenvalue weighted by atomic mass is 79.9. The molecule has 0 N–H and O–H groups in total. The number of rotatable bonds is 2. The summed E-state index contributed by atoms with van der Waals surface area (Å²) in [6.45, 7) is 0.279. The van der Waals surface area contributed by atoms with Gasteiger partial charge in [0.25, 0.3) is 5.56 Å². The van der Waals surface area contributed by atoms with Crippen LogP contribution in [0, 0.1) is 0 Å². The first kappa shape index (κ1) is 10.4. The Morgan fingerprint density at radius 1 is 1.60 bits per heavy atom. The number of halogens is 2. The third-order valence-electron chi connectivity index (χ3n) is 1.76. The Morgan fingerprint density at radius 3 is 3.07 bits per heavy atom. The van der Waals surface area contributed by atoms with Crippen molar-refractivity contribution in [2.75, 3.05) is 0 Å². The summed E-state index contributed by atoms with van der Waals surface area (Å²) in [5.74, 6) is 0.577. The molecule has 0 saturated carbocycles. The van der Waals surface area contributed by atoms with E-state index in [1.807, 2.05) is 0 Å². The van der Waals surface area contributed by atoms with E-state index in [2.05, 4.69) is 26.1 Å². The summed E-state index contributed by atoms with van der Waals surface area (Å²) in [4.78, 5) is 15.5. The van der Waals surface area contributed by atoms with Gasteiger partial charge in [-0.15, -0.1) is 0 Å². The van der Waals surface area contributed by atoms with Gasteiger partial charge >= 0.3 is 0 Å². The molecule has 0 unspecified atom stereocenters. The van der Waals surface area contributed by atoms with Gasteiger partial charge in [-0.2, -0.15) is 0 Å². The van der Waals surface area contributed by atoms with Crippen LogP contribution >= 0.6 is 27.5 Å². The minimum absolute atomic E-state index is 0.147. The molecule has 5 nitrogen and oxygen atoms in total. The van der Waals surface area contributed by atoms with Crippen molar-refractivity contribution in [2.24, 2.45) is 0 Å². The molecule has 15 heavy (non-hydrogen) atoms. The molecule has 2 heterocycles. The zero-order valence-corrected chi connectivity index (χ0v) is 9.70. The van der Waals surface area contributed by atoms with Gasteiger partial charge in [-0.3, -0.25) is 9.36 Å². The number of aromatic nitrogens is 3. The molecular formula is C8H5BrClN3O2. The largest absolute Gasteiger partial charge is 0.359 e. The Balaban J connectivity index is 2.38. The highest BCUT2D eigenvalue weighted by Gasteiger charge is 2.08. The first-order chi connectivity index (χ1) is 7.18. The maximum atomic E-state index is 11.6. The van der Waals surface area contributed by atoms with Crippen LogP contribution in [0.25, 0.3) is 0 Å². The quantitative estimate of drug-likeness (QED) is 0.790. The van der Waals surface area contributed by atoms with Crippen molar-refractivity contribution in [3.05, 3.63) is 44.3 Å². The van der Waals surface area contributed by atoms with Crippen LogP contribution in [0.2, 0.25) is 5.15 Å². The fourth-order valence-electron chi connectivity index (χ4n) is 1.05. The number of nitrogens with zero attached hydrogens (tertiary/aromatic N) is 3. The molecule has 2 aromatic heterocycles. The van der Waals surface area contributed by atoms with E-state index in [4.69, 9.17) is 16.1 Å². The molecule has 0 aliphatic carbocycles. The molecule has 0 saturated heterocycles. The van der Waals surface area contributed by atoms with E-state index in [-0.39, 0.29) is 21.7 Å². The number of hydrogen-bond acceptors (Lipinski definition) is 4. The first-order valence-corrected chi connectivity index (χ1v) is 5.15. The predicted molar refractivity (Wildman–Crippen MR) is 56.8 cm³/mol. The maximum absolute atomic E-state index is 11.6. The Morgan fingerprint density at radius 2 is 2.40 bits per heavy atom. The van der Waals surface area contributed by atoms with Crippen molar-refractivity contribution in [1.82, 2.24) is 14.7 Å². The summed E-state index contributed by atoms with van der Waals surface area (Å²) < 4.78 is 6.49. The molecule has 0 radical (unpaired) electrons. The van der Waals surface area contributed by atoms with Gasteiger partial charge in [-0.1, -0.05) is 16.8 Å². The van der Waals surface area contributed by atoms with Crippen molar-refractivity contribution in [3.8, 4) is 0 Å². The SMILES string of the molecule is O=c1c(Br)c(Cl)ncn1Cc1ccno1. The third-order valence-corrected chi connectivity index (χ3v) is 2.99. The van der Waals surface area contributed by atoms with E-state index in [1.54, 1.807) is 6.07 Å². The van der Waals surface area contributed by atoms with Gasteiger partial charge in [0.1, 0.15) is 4.47 Å². The fourth-order valence-corrected chi connectivity index (χ4v) is 1.50. The van der Waals surface area contributed by atoms with E-state index in [9.17, 15) is 4.79 Å². The number of hydrogen-bond donors (Lipinski definition) is 0. The van der Waals surface area contributed by atoms with E-state index in [0.29, 0.717) is 5.76 Å². The lowest BCUT2D eigenvalue weighted by Gasteiger charge is -2.02. The molecule has 0 aliphatic rings. The van der Waals surface area contributed by atoms with Gasteiger partial charge < -0.3 is 4.52 Å². The zero-order valence-electron chi connectivity index (χ0n) is 7.35. The fraction of sp³-hybridized carbons (Fsp3) is 0.125. The van der Waals surface area contributed by atoms with Gasteiger partial charge in [-0.25, -0.2) is 4.98 Å². The van der Waals surface area contributed by atoms with Crippen molar-refractivity contribution in [2.45, 2.75) is 6.54 Å². The molecule has 0 aliphatic heterocycles. The molecule has 0 atom stereocenters. The highest BCUT2D eigenvalue weighted by molar-refractivity contribution is 9.10. The molecule has 0 spiro atoms. The highest BCUT2D eigenvalue weighted by Crippen LogP contribution is 2.13. The van der Waals surface area contributed by atoms with Crippen LogP contribution in [0.15, 0.2) is 32.4 Å². The lowest BCUT2D eigenvalue weighted by molar-refractivity contribution is 0.374. The second-order valence-corrected chi connectivity index (χ2v) is 3.91. The van der Waals surface area contributed by atoms with Crippen LogP contribution in [0.4, 0.5) is 0 Å². The Kier molecular flexibility index (Phi) is 2.88. The van der Waals surface area contributed by atoms with Crippen LogP contribution in [0.1, 0.15) is 5.76 Å². The zero-order chi connectivity index (χ0) is 10.8. The van der Waals surface area contributed by atoms with Gasteiger partial charge in [0.15, 0.2) is 10.9 Å². The Bertz CT molecular complexity index is 523. The standard InChI is InChI=1S/C8H5BrClN3O2/c9-6-7(10)11-4-13(8(6)14)3-5-1-2-12-15-5/h1-2,4H,3H2. The molecule has 2 aromatic rings. The van der Waals surface area contributed by atoms with Crippen LogP contribution in [-0.4, -0.2) is 14.7 Å². The van der Waals surface area contributed by atoms with E-state index in [0.717, 1.165) is 0 Å². The normalized spacial score (nSPS) is 10.5. The molecule has 0 fully saturated rings. The minimum atomic E-state index is -0.258. The van der Waals surface area contributed by atoms with Gasteiger partial charge in [0, 0.05) is 6.07 Å². The van der Waals surface area contributed by atoms with Crippen LogP contribution in [0.5, 0.6) is 0 Å². The van der Waals surface area contributed by atoms with Crippen molar-refractivity contribution in [1.29, 1.82) is 0 Å². The van der Waals surface area contributed by atoms with Crippen molar-refractivity contribution in [3.63, 3.8) is 0 Å². The van der Waals surface area contributed by atoms with E-state index in [1.165, 1.54) is 17.1 Å². The van der Waals surface area contributed by atoms with Gasteiger partial charge in [0.2, 0.25) is 0 Å². The molecule has 7 heteroatoms. The lowest BCUT2D eigenvalue weighted by Crippen LogP contribution is -2.21. The third kappa shape index (κ3) is 2.10. The molecule has 0 aromatic carbocycles. The van der Waals surface area contributed by atoms with Crippen LogP contribution in [-0.2, 0) is 6.54 Å². The van der Waals surface area contributed by atoms with Gasteiger partial charge in [0.05, 0.1) is 19.1 Å². The second kappa shape index (κ2) is 4.16. The second-order valence-electron chi connectivity index (χ2n) is 2.76. The summed E-state index contributed by atoms with van der Waals surface area (Å²) in [6, 6.07) is 1.68. The minimum Gasteiger partial charge on any atom is -0.359 e. The smallest absolute Gasteiger partial charge is 0.269 e.